The molecular weight excluding hydrogens is 208 g/mol. The first-order valence-corrected chi connectivity index (χ1v) is 6.43. The van der Waals surface area contributed by atoms with Crippen molar-refractivity contribution in [2.24, 2.45) is 0 Å². The van der Waals surface area contributed by atoms with E-state index >= 15 is 0 Å². The first-order valence-electron chi connectivity index (χ1n) is 6.43. The molecular formula is C15H20N2. The molecule has 0 aliphatic heterocycles. The van der Waals surface area contributed by atoms with E-state index in [4.69, 9.17) is 0 Å². The summed E-state index contributed by atoms with van der Waals surface area (Å²) in [5.74, 6) is 0. The third-order valence-electron chi connectivity index (χ3n) is 2.92. The van der Waals surface area contributed by atoms with E-state index in [2.05, 4.69) is 53.2 Å². The largest absolute Gasteiger partial charge is 0.272 e. The molecule has 0 radical (unpaired) electrons. The van der Waals surface area contributed by atoms with Gasteiger partial charge in [-0.2, -0.15) is 5.10 Å². The first-order chi connectivity index (χ1) is 8.38. The minimum atomic E-state index is 1.01. The Morgan fingerprint density at radius 3 is 2.65 bits per heavy atom. The molecule has 0 saturated heterocycles. The maximum absolute atomic E-state index is 4.38. The lowest BCUT2D eigenvalue weighted by Gasteiger charge is -2.02. The zero-order valence-corrected chi connectivity index (χ0v) is 10.5. The minimum absolute atomic E-state index is 1.01. The number of hydrogen-bond donors (Lipinski definition) is 0. The van der Waals surface area contributed by atoms with Crippen molar-refractivity contribution in [1.29, 1.82) is 0 Å². The normalized spacial score (nSPS) is 10.6. The summed E-state index contributed by atoms with van der Waals surface area (Å²) in [7, 11) is 0. The van der Waals surface area contributed by atoms with Gasteiger partial charge < -0.3 is 0 Å². The van der Waals surface area contributed by atoms with E-state index < -0.39 is 0 Å². The van der Waals surface area contributed by atoms with Crippen LogP contribution in [0.4, 0.5) is 0 Å². The van der Waals surface area contributed by atoms with Crippen LogP contribution in [0.5, 0.6) is 0 Å². The Balaban J connectivity index is 1.78. The standard InChI is InChI=1S/C15H20N2/c1-2-7-15-12-16-17(13-15)11-6-10-14-8-4-3-5-9-14/h3-5,8-9,12-13H,2,6-7,10-11H2,1H3. The van der Waals surface area contributed by atoms with Crippen LogP contribution in [0.15, 0.2) is 42.7 Å². The predicted octanol–water partition coefficient (Wildman–Crippen LogP) is 3.47. The average Bonchev–Trinajstić information content (AvgIpc) is 2.79. The number of hydrogen-bond acceptors (Lipinski definition) is 1. The van der Waals surface area contributed by atoms with Crippen molar-refractivity contribution in [1.82, 2.24) is 9.78 Å². The Kier molecular flexibility index (Phi) is 4.37. The van der Waals surface area contributed by atoms with E-state index in [0.717, 1.165) is 25.8 Å². The highest BCUT2D eigenvalue weighted by Gasteiger charge is 1.98. The van der Waals surface area contributed by atoms with Crippen molar-refractivity contribution in [2.45, 2.75) is 39.2 Å². The Bertz CT molecular complexity index is 431. The van der Waals surface area contributed by atoms with Gasteiger partial charge in [0.1, 0.15) is 0 Å². The van der Waals surface area contributed by atoms with E-state index in [-0.39, 0.29) is 0 Å². The molecule has 0 fully saturated rings. The molecule has 0 N–H and O–H groups in total. The second-order valence-electron chi connectivity index (χ2n) is 4.45. The topological polar surface area (TPSA) is 17.8 Å². The van der Waals surface area contributed by atoms with E-state index in [1.54, 1.807) is 0 Å². The average molecular weight is 228 g/mol. The van der Waals surface area contributed by atoms with Gasteiger partial charge in [-0.15, -0.1) is 0 Å². The number of benzene rings is 1. The number of nitrogens with zero attached hydrogens (tertiary/aromatic N) is 2. The Morgan fingerprint density at radius 2 is 1.88 bits per heavy atom. The second kappa shape index (κ2) is 6.24. The van der Waals surface area contributed by atoms with E-state index in [1.165, 1.54) is 17.5 Å². The molecule has 2 aromatic rings. The van der Waals surface area contributed by atoms with E-state index in [9.17, 15) is 0 Å². The first kappa shape index (κ1) is 11.9. The molecule has 0 aliphatic rings. The van der Waals surface area contributed by atoms with Crippen LogP contribution in [-0.4, -0.2) is 9.78 Å². The molecule has 2 nitrogen and oxygen atoms in total. The summed E-state index contributed by atoms with van der Waals surface area (Å²) in [6, 6.07) is 10.6. The van der Waals surface area contributed by atoms with Crippen LogP contribution in [0.1, 0.15) is 30.9 Å². The van der Waals surface area contributed by atoms with Crippen molar-refractivity contribution in [3.63, 3.8) is 0 Å². The van der Waals surface area contributed by atoms with Gasteiger partial charge in [0.15, 0.2) is 0 Å². The summed E-state index contributed by atoms with van der Waals surface area (Å²) in [6.45, 7) is 3.21. The minimum Gasteiger partial charge on any atom is -0.272 e. The lowest BCUT2D eigenvalue weighted by molar-refractivity contribution is 0.578. The highest BCUT2D eigenvalue weighted by atomic mass is 15.3. The van der Waals surface area contributed by atoms with Gasteiger partial charge in [-0.3, -0.25) is 4.68 Å². The van der Waals surface area contributed by atoms with E-state index in [1.807, 2.05) is 6.20 Å². The number of aryl methyl sites for hydroxylation is 3. The Labute approximate surface area is 103 Å². The predicted molar refractivity (Wildman–Crippen MR) is 71.0 cm³/mol. The van der Waals surface area contributed by atoms with Crippen LogP contribution < -0.4 is 0 Å². The van der Waals surface area contributed by atoms with Gasteiger partial charge in [-0.25, -0.2) is 0 Å². The fourth-order valence-electron chi connectivity index (χ4n) is 2.04. The molecule has 1 aromatic carbocycles. The lowest BCUT2D eigenvalue weighted by Crippen LogP contribution is -1.99. The van der Waals surface area contributed by atoms with Crippen molar-refractivity contribution in [3.8, 4) is 0 Å². The molecule has 2 rings (SSSR count). The summed E-state index contributed by atoms with van der Waals surface area (Å²) in [5.41, 5.74) is 2.76. The SMILES string of the molecule is CCCc1cnn(CCCc2ccccc2)c1. The fourth-order valence-corrected chi connectivity index (χ4v) is 2.04. The second-order valence-corrected chi connectivity index (χ2v) is 4.45. The van der Waals surface area contributed by atoms with Crippen molar-refractivity contribution < 1.29 is 0 Å². The molecule has 0 aliphatic carbocycles. The van der Waals surface area contributed by atoms with Crippen LogP contribution in [0.2, 0.25) is 0 Å². The van der Waals surface area contributed by atoms with Crippen LogP contribution in [-0.2, 0) is 19.4 Å². The molecule has 0 saturated carbocycles. The van der Waals surface area contributed by atoms with Crippen LogP contribution in [0, 0.1) is 0 Å². The lowest BCUT2D eigenvalue weighted by atomic mass is 10.1. The molecule has 2 heteroatoms. The molecule has 17 heavy (non-hydrogen) atoms. The summed E-state index contributed by atoms with van der Waals surface area (Å²) in [4.78, 5) is 0. The van der Waals surface area contributed by atoms with Gasteiger partial charge in [0.25, 0.3) is 0 Å². The van der Waals surface area contributed by atoms with Gasteiger partial charge in [-0.05, 0) is 30.4 Å². The molecule has 0 unspecified atom stereocenters. The smallest absolute Gasteiger partial charge is 0.0521 e. The summed E-state index contributed by atoms with van der Waals surface area (Å²) >= 11 is 0. The van der Waals surface area contributed by atoms with Crippen molar-refractivity contribution in [2.75, 3.05) is 0 Å². The zero-order valence-electron chi connectivity index (χ0n) is 10.5. The quantitative estimate of drug-likeness (QED) is 0.740. The summed E-state index contributed by atoms with van der Waals surface area (Å²) in [6.07, 6.45) is 8.77. The molecule has 0 atom stereocenters. The van der Waals surface area contributed by atoms with Crippen LogP contribution >= 0.6 is 0 Å². The van der Waals surface area contributed by atoms with Crippen molar-refractivity contribution >= 4 is 0 Å². The molecule has 90 valence electrons. The third-order valence-corrected chi connectivity index (χ3v) is 2.92. The summed E-state index contributed by atoms with van der Waals surface area (Å²) in [5, 5.41) is 4.38. The number of aromatic nitrogens is 2. The van der Waals surface area contributed by atoms with Crippen LogP contribution in [0.25, 0.3) is 0 Å². The van der Waals surface area contributed by atoms with Gasteiger partial charge in [0, 0.05) is 12.7 Å². The molecule has 1 heterocycles. The van der Waals surface area contributed by atoms with Gasteiger partial charge in [-0.1, -0.05) is 43.7 Å². The Morgan fingerprint density at radius 1 is 1.06 bits per heavy atom. The molecule has 0 amide bonds. The monoisotopic (exact) mass is 228 g/mol. The molecule has 0 spiro atoms. The highest BCUT2D eigenvalue weighted by Crippen LogP contribution is 2.05. The highest BCUT2D eigenvalue weighted by molar-refractivity contribution is 5.14. The van der Waals surface area contributed by atoms with Crippen molar-refractivity contribution in [3.05, 3.63) is 53.9 Å². The zero-order chi connectivity index (χ0) is 11.9. The number of rotatable bonds is 6. The summed E-state index contributed by atoms with van der Waals surface area (Å²) < 4.78 is 2.06. The molecule has 0 bridgehead atoms. The molecule has 1 aromatic heterocycles. The van der Waals surface area contributed by atoms with Gasteiger partial charge >= 0.3 is 0 Å². The fraction of sp³-hybridized carbons (Fsp3) is 0.400. The Hall–Kier alpha value is -1.57. The van der Waals surface area contributed by atoms with E-state index in [0.29, 0.717) is 0 Å². The van der Waals surface area contributed by atoms with Crippen LogP contribution in [0.3, 0.4) is 0 Å². The maximum Gasteiger partial charge on any atom is 0.0521 e. The maximum atomic E-state index is 4.38. The third kappa shape index (κ3) is 3.74. The van der Waals surface area contributed by atoms with Gasteiger partial charge in [0.05, 0.1) is 6.20 Å². The van der Waals surface area contributed by atoms with Gasteiger partial charge in [0.2, 0.25) is 0 Å².